The van der Waals surface area contributed by atoms with E-state index in [4.69, 9.17) is 0 Å². The Hall–Kier alpha value is -2.18. The van der Waals surface area contributed by atoms with Gasteiger partial charge in [0.25, 0.3) is 5.91 Å². The van der Waals surface area contributed by atoms with Gasteiger partial charge in [0.1, 0.15) is 10.5 Å². The molecule has 23 heavy (non-hydrogen) atoms. The van der Waals surface area contributed by atoms with Crippen LogP contribution in [0.2, 0.25) is 0 Å². The van der Waals surface area contributed by atoms with E-state index in [1.54, 1.807) is 6.08 Å². The van der Waals surface area contributed by atoms with Gasteiger partial charge in [0.2, 0.25) is 0 Å². The molecule has 0 aliphatic heterocycles. The molecule has 1 atom stereocenters. The second-order valence-electron chi connectivity index (χ2n) is 5.57. The van der Waals surface area contributed by atoms with E-state index in [-0.39, 0.29) is 12.5 Å². The molecule has 0 fully saturated rings. The second kappa shape index (κ2) is 6.52. The van der Waals surface area contributed by atoms with Gasteiger partial charge in [-0.15, -0.1) is 6.58 Å². The van der Waals surface area contributed by atoms with Crippen molar-refractivity contribution in [1.29, 1.82) is 0 Å². The molecule has 1 aliphatic carbocycles. The van der Waals surface area contributed by atoms with Crippen LogP contribution in [0.4, 0.5) is 5.13 Å². The zero-order chi connectivity index (χ0) is 16.3. The highest BCUT2D eigenvalue weighted by Gasteiger charge is 2.36. The summed E-state index contributed by atoms with van der Waals surface area (Å²) < 4.78 is 0. The second-order valence-corrected chi connectivity index (χ2v) is 6.60. The number of aryl methyl sites for hydroxylation is 1. The maximum Gasteiger partial charge on any atom is 0.263 e. The minimum Gasteiger partial charge on any atom is -0.383 e. The van der Waals surface area contributed by atoms with Gasteiger partial charge in [0.15, 0.2) is 5.13 Å². The van der Waals surface area contributed by atoms with E-state index in [0.717, 1.165) is 17.5 Å². The summed E-state index contributed by atoms with van der Waals surface area (Å²) in [7, 11) is 0. The van der Waals surface area contributed by atoms with Crippen LogP contribution in [-0.4, -0.2) is 29.1 Å². The molecule has 1 aromatic heterocycles. The van der Waals surface area contributed by atoms with E-state index in [0.29, 0.717) is 23.0 Å². The first-order valence-electron chi connectivity index (χ1n) is 7.52. The van der Waals surface area contributed by atoms with Crippen molar-refractivity contribution in [2.45, 2.75) is 18.4 Å². The molecule has 3 rings (SSSR count). The molecule has 0 bridgehead atoms. The largest absolute Gasteiger partial charge is 0.383 e. The molecule has 1 aliphatic rings. The lowest BCUT2D eigenvalue weighted by Crippen LogP contribution is -2.39. The molecule has 0 radical (unpaired) electrons. The van der Waals surface area contributed by atoms with E-state index < -0.39 is 5.60 Å². The van der Waals surface area contributed by atoms with E-state index in [2.05, 4.69) is 22.2 Å². The molecule has 0 saturated carbocycles. The maximum atomic E-state index is 12.2. The van der Waals surface area contributed by atoms with Crippen LogP contribution in [0.25, 0.3) is 0 Å². The van der Waals surface area contributed by atoms with Crippen molar-refractivity contribution >= 4 is 22.4 Å². The lowest BCUT2D eigenvalue weighted by atomic mass is 9.96. The SMILES string of the molecule is C=CCNc1ncc(C(=O)NC[C@]2(O)CCc3ccccc32)s1. The Morgan fingerprint density at radius 3 is 3.13 bits per heavy atom. The van der Waals surface area contributed by atoms with Gasteiger partial charge in [-0.3, -0.25) is 4.79 Å². The fourth-order valence-electron chi connectivity index (χ4n) is 2.79. The van der Waals surface area contributed by atoms with Gasteiger partial charge in [0.05, 0.1) is 12.7 Å². The van der Waals surface area contributed by atoms with Gasteiger partial charge in [-0.1, -0.05) is 41.7 Å². The fourth-order valence-corrected chi connectivity index (χ4v) is 3.53. The molecule has 1 heterocycles. The molecule has 2 aromatic rings. The third kappa shape index (κ3) is 3.28. The van der Waals surface area contributed by atoms with E-state index in [9.17, 15) is 9.90 Å². The van der Waals surface area contributed by atoms with Crippen LogP contribution in [0, 0.1) is 0 Å². The summed E-state index contributed by atoms with van der Waals surface area (Å²) in [6.45, 7) is 4.43. The van der Waals surface area contributed by atoms with E-state index in [1.165, 1.54) is 17.5 Å². The quantitative estimate of drug-likeness (QED) is 0.711. The number of carbonyl (C=O) groups excluding carboxylic acids is 1. The van der Waals surface area contributed by atoms with Gasteiger partial charge in [-0.05, 0) is 24.0 Å². The predicted molar refractivity (Wildman–Crippen MR) is 91.8 cm³/mol. The molecule has 1 aromatic carbocycles. The summed E-state index contributed by atoms with van der Waals surface area (Å²) in [6.07, 6.45) is 4.73. The highest BCUT2D eigenvalue weighted by molar-refractivity contribution is 7.17. The van der Waals surface area contributed by atoms with Crippen LogP contribution in [0.3, 0.4) is 0 Å². The van der Waals surface area contributed by atoms with Crippen LogP contribution in [0.1, 0.15) is 27.2 Å². The molecular weight excluding hydrogens is 310 g/mol. The predicted octanol–water partition coefficient (Wildman–Crippen LogP) is 2.30. The number of fused-ring (bicyclic) bond motifs is 1. The monoisotopic (exact) mass is 329 g/mol. The average Bonchev–Trinajstić information content (AvgIpc) is 3.17. The topological polar surface area (TPSA) is 74.2 Å². The number of nitrogens with zero attached hydrogens (tertiary/aromatic N) is 1. The summed E-state index contributed by atoms with van der Waals surface area (Å²) in [5, 5.41) is 17.4. The van der Waals surface area contributed by atoms with Crippen molar-refractivity contribution in [3.63, 3.8) is 0 Å². The third-order valence-corrected chi connectivity index (χ3v) is 4.95. The molecule has 0 saturated heterocycles. The average molecular weight is 329 g/mol. The highest BCUT2D eigenvalue weighted by atomic mass is 32.1. The fraction of sp³-hybridized carbons (Fsp3) is 0.294. The number of aliphatic hydroxyl groups is 1. The summed E-state index contributed by atoms with van der Waals surface area (Å²) in [4.78, 5) is 16.9. The van der Waals surface area contributed by atoms with Crippen LogP contribution >= 0.6 is 11.3 Å². The minimum atomic E-state index is -0.985. The van der Waals surface area contributed by atoms with E-state index in [1.807, 2.05) is 24.3 Å². The van der Waals surface area contributed by atoms with Crippen molar-refractivity contribution in [3.05, 3.63) is 59.1 Å². The standard InChI is InChI=1S/C17H19N3O2S/c1-2-9-18-16-19-10-14(23-16)15(21)20-11-17(22)8-7-12-5-3-4-6-13(12)17/h2-6,10,22H,1,7-9,11H2,(H,18,19)(H,20,21)/t17-/m1/s1. The normalized spacial score (nSPS) is 19.2. The van der Waals surface area contributed by atoms with Crippen LogP contribution in [0.15, 0.2) is 43.1 Å². The molecular formula is C17H19N3O2S. The minimum absolute atomic E-state index is 0.205. The summed E-state index contributed by atoms with van der Waals surface area (Å²) in [6, 6.07) is 7.84. The van der Waals surface area contributed by atoms with Gasteiger partial charge in [-0.2, -0.15) is 0 Å². The molecule has 0 unspecified atom stereocenters. The number of nitrogens with one attached hydrogen (secondary N) is 2. The van der Waals surface area contributed by atoms with Crippen molar-refractivity contribution in [3.8, 4) is 0 Å². The van der Waals surface area contributed by atoms with Gasteiger partial charge in [0, 0.05) is 6.54 Å². The number of anilines is 1. The molecule has 6 heteroatoms. The molecule has 3 N–H and O–H groups in total. The Bertz CT molecular complexity index is 728. The Balaban J connectivity index is 1.63. The van der Waals surface area contributed by atoms with E-state index >= 15 is 0 Å². The Kier molecular flexibility index (Phi) is 4.45. The van der Waals surface area contributed by atoms with Crippen molar-refractivity contribution in [2.75, 3.05) is 18.4 Å². The van der Waals surface area contributed by atoms with Gasteiger partial charge >= 0.3 is 0 Å². The summed E-state index contributed by atoms with van der Waals surface area (Å²) in [5.74, 6) is -0.216. The Labute approximate surface area is 139 Å². The van der Waals surface area contributed by atoms with Crippen LogP contribution < -0.4 is 10.6 Å². The first kappa shape index (κ1) is 15.7. The molecule has 120 valence electrons. The first-order chi connectivity index (χ1) is 11.1. The van der Waals surface area contributed by atoms with Crippen LogP contribution in [0.5, 0.6) is 0 Å². The number of hydrogen-bond acceptors (Lipinski definition) is 5. The number of thiazole rings is 1. The number of carbonyl (C=O) groups is 1. The number of amides is 1. The third-order valence-electron chi connectivity index (χ3n) is 4.00. The number of aromatic nitrogens is 1. The van der Waals surface area contributed by atoms with Crippen molar-refractivity contribution < 1.29 is 9.90 Å². The Morgan fingerprint density at radius 1 is 1.48 bits per heavy atom. The first-order valence-corrected chi connectivity index (χ1v) is 8.33. The lowest BCUT2D eigenvalue weighted by Gasteiger charge is -2.24. The zero-order valence-corrected chi connectivity index (χ0v) is 13.5. The number of hydrogen-bond donors (Lipinski definition) is 3. The zero-order valence-electron chi connectivity index (χ0n) is 12.7. The van der Waals surface area contributed by atoms with Crippen LogP contribution in [-0.2, 0) is 12.0 Å². The Morgan fingerprint density at radius 2 is 2.30 bits per heavy atom. The smallest absolute Gasteiger partial charge is 0.263 e. The lowest BCUT2D eigenvalue weighted by molar-refractivity contribution is 0.0370. The summed E-state index contributed by atoms with van der Waals surface area (Å²) >= 11 is 1.28. The summed E-state index contributed by atoms with van der Waals surface area (Å²) in [5.41, 5.74) is 1.08. The number of rotatable bonds is 6. The highest BCUT2D eigenvalue weighted by Crippen LogP contribution is 2.36. The number of benzene rings is 1. The van der Waals surface area contributed by atoms with Crippen molar-refractivity contribution in [1.82, 2.24) is 10.3 Å². The van der Waals surface area contributed by atoms with Gasteiger partial charge in [-0.25, -0.2) is 4.98 Å². The van der Waals surface area contributed by atoms with Gasteiger partial charge < -0.3 is 15.7 Å². The van der Waals surface area contributed by atoms with Crippen molar-refractivity contribution in [2.24, 2.45) is 0 Å². The molecule has 5 nitrogen and oxygen atoms in total. The molecule has 0 spiro atoms. The molecule has 1 amide bonds. The maximum absolute atomic E-state index is 12.2.